The number of halogens is 1. The first-order chi connectivity index (χ1) is 7.09. The fraction of sp³-hybridized carbons (Fsp3) is 0.250. The summed E-state index contributed by atoms with van der Waals surface area (Å²) in [5.41, 5.74) is 3.90. The first-order valence-corrected chi connectivity index (χ1v) is 4.85. The largest absolute Gasteiger partial charge is 0.272 e. The summed E-state index contributed by atoms with van der Waals surface area (Å²) in [5.74, 6) is -0.213. The Labute approximate surface area is 88.4 Å². The Bertz CT molecular complexity index is 500. The molecule has 0 N–H and O–H groups in total. The second-order valence-corrected chi connectivity index (χ2v) is 3.68. The number of aromatic nitrogens is 2. The third-order valence-corrected chi connectivity index (χ3v) is 2.62. The molecule has 0 spiro atoms. The van der Waals surface area contributed by atoms with E-state index in [0.717, 1.165) is 22.5 Å². The van der Waals surface area contributed by atoms with Gasteiger partial charge in [-0.05, 0) is 31.5 Å². The fourth-order valence-electron chi connectivity index (χ4n) is 1.84. The Morgan fingerprint density at radius 2 is 2.00 bits per heavy atom. The van der Waals surface area contributed by atoms with Crippen LogP contribution in [0.2, 0.25) is 0 Å². The van der Waals surface area contributed by atoms with Crippen molar-refractivity contribution in [3.63, 3.8) is 0 Å². The van der Waals surface area contributed by atoms with E-state index in [1.807, 2.05) is 31.6 Å². The van der Waals surface area contributed by atoms with Gasteiger partial charge in [0.2, 0.25) is 0 Å². The average molecular weight is 204 g/mol. The summed E-state index contributed by atoms with van der Waals surface area (Å²) in [7, 11) is 1.89. The molecule has 2 aromatic rings. The summed E-state index contributed by atoms with van der Waals surface area (Å²) in [6.07, 6.45) is 0. The third kappa shape index (κ3) is 1.65. The molecule has 0 aliphatic rings. The van der Waals surface area contributed by atoms with Crippen molar-refractivity contribution >= 4 is 0 Å². The summed E-state index contributed by atoms with van der Waals surface area (Å²) >= 11 is 0. The second-order valence-electron chi connectivity index (χ2n) is 3.68. The Hall–Kier alpha value is -1.64. The minimum Gasteiger partial charge on any atom is -0.272 e. The summed E-state index contributed by atoms with van der Waals surface area (Å²) in [4.78, 5) is 0. The molecule has 1 aromatic heterocycles. The second kappa shape index (κ2) is 3.50. The van der Waals surface area contributed by atoms with Crippen molar-refractivity contribution in [3.8, 4) is 11.1 Å². The molecule has 0 saturated heterocycles. The maximum atomic E-state index is 13.1. The smallest absolute Gasteiger partial charge is 0.123 e. The SMILES string of the molecule is Cc1nn(C)c(C)c1-c1cccc(F)c1. The van der Waals surface area contributed by atoms with Gasteiger partial charge in [0.25, 0.3) is 0 Å². The zero-order valence-electron chi connectivity index (χ0n) is 9.08. The topological polar surface area (TPSA) is 17.8 Å². The maximum Gasteiger partial charge on any atom is 0.123 e. The summed E-state index contributed by atoms with van der Waals surface area (Å²) in [6, 6.07) is 6.61. The van der Waals surface area contributed by atoms with Gasteiger partial charge in [-0.2, -0.15) is 5.10 Å². The first kappa shape index (κ1) is 9.90. The average Bonchev–Trinajstić information content (AvgIpc) is 2.41. The molecule has 2 rings (SSSR count). The van der Waals surface area contributed by atoms with Gasteiger partial charge in [0.1, 0.15) is 5.82 Å². The van der Waals surface area contributed by atoms with E-state index >= 15 is 0 Å². The highest BCUT2D eigenvalue weighted by Crippen LogP contribution is 2.26. The van der Waals surface area contributed by atoms with Gasteiger partial charge in [-0.1, -0.05) is 12.1 Å². The van der Waals surface area contributed by atoms with E-state index in [9.17, 15) is 4.39 Å². The molecule has 0 atom stereocenters. The van der Waals surface area contributed by atoms with Crippen LogP contribution in [0.5, 0.6) is 0 Å². The number of nitrogens with zero attached hydrogens (tertiary/aromatic N) is 2. The van der Waals surface area contributed by atoms with Crippen molar-refractivity contribution in [2.45, 2.75) is 13.8 Å². The molecular formula is C12H13FN2. The molecule has 0 aliphatic heterocycles. The minimum absolute atomic E-state index is 0.213. The molecular weight excluding hydrogens is 191 g/mol. The van der Waals surface area contributed by atoms with Gasteiger partial charge in [0.15, 0.2) is 0 Å². The Balaban J connectivity index is 2.63. The lowest BCUT2D eigenvalue weighted by Crippen LogP contribution is -1.92. The lowest BCUT2D eigenvalue weighted by molar-refractivity contribution is 0.628. The van der Waals surface area contributed by atoms with Crippen LogP contribution in [0.1, 0.15) is 11.4 Å². The van der Waals surface area contributed by atoms with Crippen LogP contribution >= 0.6 is 0 Å². The van der Waals surface area contributed by atoms with Crippen LogP contribution in [-0.4, -0.2) is 9.78 Å². The van der Waals surface area contributed by atoms with Crippen LogP contribution in [0.4, 0.5) is 4.39 Å². The van der Waals surface area contributed by atoms with Gasteiger partial charge in [-0.15, -0.1) is 0 Å². The Morgan fingerprint density at radius 1 is 1.27 bits per heavy atom. The van der Waals surface area contributed by atoms with Crippen LogP contribution in [0, 0.1) is 19.7 Å². The lowest BCUT2D eigenvalue weighted by atomic mass is 10.0. The van der Waals surface area contributed by atoms with E-state index in [4.69, 9.17) is 0 Å². The lowest BCUT2D eigenvalue weighted by Gasteiger charge is -2.02. The number of hydrogen-bond acceptors (Lipinski definition) is 1. The van der Waals surface area contributed by atoms with Crippen LogP contribution in [0.3, 0.4) is 0 Å². The van der Waals surface area contributed by atoms with Gasteiger partial charge in [0, 0.05) is 18.3 Å². The molecule has 1 heterocycles. The predicted octanol–water partition coefficient (Wildman–Crippen LogP) is 2.84. The molecule has 0 amide bonds. The number of rotatable bonds is 1. The third-order valence-electron chi connectivity index (χ3n) is 2.62. The molecule has 78 valence electrons. The minimum atomic E-state index is -0.213. The number of benzene rings is 1. The van der Waals surface area contributed by atoms with Crippen LogP contribution < -0.4 is 0 Å². The standard InChI is InChI=1S/C12H13FN2/c1-8-12(9(2)15(3)14-8)10-5-4-6-11(13)7-10/h4-7H,1-3H3. The zero-order valence-corrected chi connectivity index (χ0v) is 9.08. The zero-order chi connectivity index (χ0) is 11.0. The molecule has 0 fully saturated rings. The number of aryl methyl sites for hydroxylation is 2. The van der Waals surface area contributed by atoms with E-state index in [1.165, 1.54) is 12.1 Å². The Kier molecular flexibility index (Phi) is 2.31. The van der Waals surface area contributed by atoms with Crippen molar-refractivity contribution in [1.29, 1.82) is 0 Å². The highest BCUT2D eigenvalue weighted by atomic mass is 19.1. The molecule has 0 saturated carbocycles. The molecule has 0 bridgehead atoms. The quantitative estimate of drug-likeness (QED) is 0.698. The monoisotopic (exact) mass is 204 g/mol. The van der Waals surface area contributed by atoms with Gasteiger partial charge >= 0.3 is 0 Å². The fourth-order valence-corrected chi connectivity index (χ4v) is 1.84. The van der Waals surface area contributed by atoms with E-state index < -0.39 is 0 Å². The van der Waals surface area contributed by atoms with Crippen LogP contribution in [0.25, 0.3) is 11.1 Å². The molecule has 0 unspecified atom stereocenters. The normalized spacial score (nSPS) is 10.7. The van der Waals surface area contributed by atoms with Gasteiger partial charge in [0.05, 0.1) is 5.69 Å². The van der Waals surface area contributed by atoms with Gasteiger partial charge in [-0.3, -0.25) is 4.68 Å². The van der Waals surface area contributed by atoms with Crippen molar-refractivity contribution in [3.05, 3.63) is 41.5 Å². The van der Waals surface area contributed by atoms with Gasteiger partial charge < -0.3 is 0 Å². The van der Waals surface area contributed by atoms with Gasteiger partial charge in [-0.25, -0.2) is 4.39 Å². The van der Waals surface area contributed by atoms with Crippen molar-refractivity contribution in [1.82, 2.24) is 9.78 Å². The van der Waals surface area contributed by atoms with E-state index in [0.29, 0.717) is 0 Å². The van der Waals surface area contributed by atoms with Crippen molar-refractivity contribution in [2.75, 3.05) is 0 Å². The Morgan fingerprint density at radius 3 is 2.53 bits per heavy atom. The molecule has 3 heteroatoms. The van der Waals surface area contributed by atoms with Crippen LogP contribution in [-0.2, 0) is 7.05 Å². The maximum absolute atomic E-state index is 13.1. The van der Waals surface area contributed by atoms with E-state index in [2.05, 4.69) is 5.10 Å². The highest BCUT2D eigenvalue weighted by molar-refractivity contribution is 5.68. The first-order valence-electron chi connectivity index (χ1n) is 4.85. The summed E-state index contributed by atoms with van der Waals surface area (Å²) < 4.78 is 14.9. The van der Waals surface area contributed by atoms with Crippen LogP contribution in [0.15, 0.2) is 24.3 Å². The molecule has 0 aliphatic carbocycles. The molecule has 0 radical (unpaired) electrons. The van der Waals surface area contributed by atoms with E-state index in [-0.39, 0.29) is 5.82 Å². The van der Waals surface area contributed by atoms with E-state index in [1.54, 1.807) is 6.07 Å². The number of hydrogen-bond donors (Lipinski definition) is 0. The molecule has 2 nitrogen and oxygen atoms in total. The van der Waals surface area contributed by atoms with Crippen molar-refractivity contribution < 1.29 is 4.39 Å². The van der Waals surface area contributed by atoms with Crippen molar-refractivity contribution in [2.24, 2.45) is 7.05 Å². The summed E-state index contributed by atoms with van der Waals surface area (Å²) in [5, 5.41) is 4.31. The summed E-state index contributed by atoms with van der Waals surface area (Å²) in [6.45, 7) is 3.92. The highest BCUT2D eigenvalue weighted by Gasteiger charge is 2.11. The molecule has 15 heavy (non-hydrogen) atoms. The molecule has 1 aromatic carbocycles. The predicted molar refractivity (Wildman–Crippen MR) is 58.1 cm³/mol.